The van der Waals surface area contributed by atoms with Gasteiger partial charge in [0.15, 0.2) is 0 Å². The van der Waals surface area contributed by atoms with Crippen LogP contribution in [-0.2, 0) is 21.7 Å². The lowest BCUT2D eigenvalue weighted by Gasteiger charge is -2.45. The van der Waals surface area contributed by atoms with Crippen molar-refractivity contribution in [2.75, 3.05) is 9.80 Å². The number of anilines is 6. The van der Waals surface area contributed by atoms with Gasteiger partial charge in [-0.25, -0.2) is 0 Å². The number of nitrogens with zero attached hydrogens (tertiary/aromatic N) is 3. The fourth-order valence-corrected chi connectivity index (χ4v) is 13.3. The highest BCUT2D eigenvalue weighted by atomic mass is 15.2. The molecule has 398 valence electrons. The molecule has 4 heteroatoms. The van der Waals surface area contributed by atoms with Gasteiger partial charge in [0.05, 0.1) is 27.7 Å². The SMILES string of the molecule is [2H]c1c([2H])c([2H])c2c(c1[2H])c1c([2H])c([2H])c([2H])c([2H])c1n2-c1cc2c3c(c1)N(c1cccc(C(C)(C)c4ccccc4)c1)c1cc(C(C)(C)c4ccccc4)ccc1B3c1ccc(C(C)(C)c3ccccc3)cc1N2c1cccc(C(C)(C)c2ccccc2)c1. The van der Waals surface area contributed by atoms with Gasteiger partial charge in [-0.1, -0.05) is 262 Å². The van der Waals surface area contributed by atoms with Crippen LogP contribution in [0.1, 0.15) is 111 Å². The molecule has 0 N–H and O–H groups in total. The summed E-state index contributed by atoms with van der Waals surface area (Å²) in [6, 6.07) is 74.6. The Morgan fingerprint density at radius 1 is 0.305 bits per heavy atom. The minimum atomic E-state index is -0.493. The first-order valence-corrected chi connectivity index (χ1v) is 28.5. The zero-order valence-corrected chi connectivity index (χ0v) is 47.7. The number of hydrogen-bond acceptors (Lipinski definition) is 2. The molecule has 12 aromatic rings. The molecule has 1 aromatic heterocycles. The second-order valence-corrected chi connectivity index (χ2v) is 24.4. The second-order valence-electron chi connectivity index (χ2n) is 24.4. The Morgan fingerprint density at radius 2 is 0.634 bits per heavy atom. The van der Waals surface area contributed by atoms with Crippen molar-refractivity contribution >= 4 is 79.0 Å². The van der Waals surface area contributed by atoms with Gasteiger partial charge in [0.1, 0.15) is 0 Å². The largest absolute Gasteiger partial charge is 0.311 e. The normalized spacial score (nSPS) is 14.7. The molecule has 0 amide bonds. The fourth-order valence-electron chi connectivity index (χ4n) is 13.3. The van der Waals surface area contributed by atoms with Crippen LogP contribution in [0.4, 0.5) is 34.1 Å². The summed E-state index contributed by atoms with van der Waals surface area (Å²) in [5.74, 6) is 0. The first-order valence-electron chi connectivity index (χ1n) is 32.5. The van der Waals surface area contributed by atoms with Gasteiger partial charge in [-0.05, 0) is 122 Å². The van der Waals surface area contributed by atoms with E-state index in [-0.39, 0.29) is 52.7 Å². The number of hydrogen-bond donors (Lipinski definition) is 0. The summed E-state index contributed by atoms with van der Waals surface area (Å²) in [6.45, 7) is 17.7. The van der Waals surface area contributed by atoms with Crippen molar-refractivity contribution in [1.82, 2.24) is 4.57 Å². The van der Waals surface area contributed by atoms with E-state index in [1.165, 1.54) is 0 Å². The summed E-state index contributed by atoms with van der Waals surface area (Å²) >= 11 is 0. The van der Waals surface area contributed by atoms with E-state index in [0.29, 0.717) is 5.69 Å². The molecule has 0 saturated carbocycles. The van der Waals surface area contributed by atoms with E-state index in [1.807, 2.05) is 24.3 Å². The van der Waals surface area contributed by atoms with E-state index in [1.54, 1.807) is 4.57 Å². The smallest absolute Gasteiger partial charge is 0.252 e. The molecule has 0 saturated heterocycles. The second kappa shape index (κ2) is 19.3. The maximum absolute atomic E-state index is 9.83. The molecular weight excluding hydrogens is 990 g/mol. The van der Waals surface area contributed by atoms with E-state index in [0.717, 1.165) is 95.0 Å². The van der Waals surface area contributed by atoms with Crippen LogP contribution >= 0.6 is 0 Å². The first kappa shape index (κ1) is 42.7. The van der Waals surface area contributed by atoms with E-state index in [4.69, 9.17) is 2.74 Å². The lowest BCUT2D eigenvalue weighted by Crippen LogP contribution is -2.61. The number of aromatic nitrogens is 1. The zero-order chi connectivity index (χ0) is 63.1. The molecule has 3 nitrogen and oxygen atoms in total. The minimum Gasteiger partial charge on any atom is -0.311 e. The van der Waals surface area contributed by atoms with Gasteiger partial charge in [0, 0.05) is 66.6 Å². The lowest BCUT2D eigenvalue weighted by molar-refractivity contribution is 0.640. The third-order valence-corrected chi connectivity index (χ3v) is 18.4. The maximum atomic E-state index is 9.83. The molecule has 2 aliphatic rings. The third-order valence-electron chi connectivity index (χ3n) is 18.4. The standard InChI is InChI=1S/C78H68BN3/c1-75(2,53-27-13-9-14-28-53)57-35-25-37-61(47-57)80-70-49-59(77(5,6)55-31-17-11-18-32-55)43-45-66(70)79-67-46-44-60(78(7,8)56-33-19-12-20-34-56)50-71(67)81(62-38-26-36-58(48-62)76(3,4)54-29-15-10-16-30-54)73-52-63(51-72(80)74(73)79)82-68-41-23-21-39-64(68)65-40-22-24-42-69(65)82/h9-52H,1-8H3/i21D,22D,23D,24D,39D,40D,41D,42D. The summed E-state index contributed by atoms with van der Waals surface area (Å²) in [5, 5.41) is 0.0350. The number of fused-ring (bicyclic) bond motifs is 7. The molecule has 2 aliphatic heterocycles. The molecule has 11 aromatic carbocycles. The maximum Gasteiger partial charge on any atom is 0.252 e. The monoisotopic (exact) mass is 1070 g/mol. The molecule has 0 radical (unpaired) electrons. The summed E-state index contributed by atoms with van der Waals surface area (Å²) < 4.78 is 77.0. The van der Waals surface area contributed by atoms with Gasteiger partial charge in [0.25, 0.3) is 6.71 Å². The molecule has 0 aliphatic carbocycles. The Labute approximate surface area is 496 Å². The Morgan fingerprint density at radius 3 is 1.00 bits per heavy atom. The van der Waals surface area contributed by atoms with E-state index >= 15 is 0 Å². The van der Waals surface area contributed by atoms with E-state index in [2.05, 4.69) is 259 Å². The van der Waals surface area contributed by atoms with Crippen LogP contribution in [0.15, 0.2) is 267 Å². The highest BCUT2D eigenvalue weighted by molar-refractivity contribution is 7.00. The number of rotatable bonds is 11. The molecule has 3 heterocycles. The van der Waals surface area contributed by atoms with Crippen LogP contribution in [0.3, 0.4) is 0 Å². The lowest BCUT2D eigenvalue weighted by atomic mass is 9.33. The predicted octanol–water partition coefficient (Wildman–Crippen LogP) is 18.2. The topological polar surface area (TPSA) is 11.4 Å². The quantitative estimate of drug-likeness (QED) is 0.120. The highest BCUT2D eigenvalue weighted by Crippen LogP contribution is 2.50. The third kappa shape index (κ3) is 8.09. The van der Waals surface area contributed by atoms with E-state index < -0.39 is 45.8 Å². The van der Waals surface area contributed by atoms with Crippen LogP contribution in [0, 0.1) is 0 Å². The van der Waals surface area contributed by atoms with Gasteiger partial charge in [-0.15, -0.1) is 0 Å². The van der Waals surface area contributed by atoms with Gasteiger partial charge in [-0.2, -0.15) is 0 Å². The molecule has 0 spiro atoms. The van der Waals surface area contributed by atoms with Gasteiger partial charge in [0.2, 0.25) is 0 Å². The van der Waals surface area contributed by atoms with Crippen LogP contribution in [0.25, 0.3) is 27.5 Å². The van der Waals surface area contributed by atoms with Crippen LogP contribution < -0.4 is 26.2 Å². The highest BCUT2D eigenvalue weighted by Gasteiger charge is 2.45. The van der Waals surface area contributed by atoms with Crippen LogP contribution in [0.5, 0.6) is 0 Å². The molecule has 0 bridgehead atoms. The van der Waals surface area contributed by atoms with Gasteiger partial charge < -0.3 is 14.4 Å². The van der Waals surface area contributed by atoms with Crippen molar-refractivity contribution in [3.63, 3.8) is 0 Å². The van der Waals surface area contributed by atoms with E-state index in [9.17, 15) is 8.22 Å². The molecule has 0 unspecified atom stereocenters. The summed E-state index contributed by atoms with van der Waals surface area (Å²) in [6.07, 6.45) is 0. The zero-order valence-electron chi connectivity index (χ0n) is 55.7. The van der Waals surface area contributed by atoms with Crippen LogP contribution in [0.2, 0.25) is 0 Å². The number of para-hydroxylation sites is 2. The van der Waals surface area contributed by atoms with Crippen molar-refractivity contribution in [1.29, 1.82) is 0 Å². The average molecular weight is 1070 g/mol. The van der Waals surface area contributed by atoms with Crippen molar-refractivity contribution in [3.05, 3.63) is 311 Å². The number of benzene rings is 11. The van der Waals surface area contributed by atoms with Gasteiger partial charge in [-0.3, -0.25) is 0 Å². The Hall–Kier alpha value is -9.12. The first-order chi connectivity index (χ1) is 43.0. The van der Waals surface area contributed by atoms with Crippen molar-refractivity contribution in [2.45, 2.75) is 77.0 Å². The Balaban J connectivity index is 1.16. The van der Waals surface area contributed by atoms with Crippen molar-refractivity contribution < 1.29 is 11.0 Å². The Bertz CT molecular complexity index is 4590. The average Bonchev–Trinajstić information content (AvgIpc) is 1.22. The van der Waals surface area contributed by atoms with Crippen molar-refractivity contribution in [2.24, 2.45) is 0 Å². The van der Waals surface area contributed by atoms with Gasteiger partial charge >= 0.3 is 0 Å². The summed E-state index contributed by atoms with van der Waals surface area (Å²) in [5.41, 5.74) is 16.2. The molecule has 14 rings (SSSR count). The Kier molecular flexibility index (Phi) is 10.0. The summed E-state index contributed by atoms with van der Waals surface area (Å²) in [7, 11) is 0. The van der Waals surface area contributed by atoms with Crippen LogP contribution in [-0.4, -0.2) is 11.3 Å². The molecular formula is C78H68BN3. The summed E-state index contributed by atoms with van der Waals surface area (Å²) in [4.78, 5) is 4.74. The molecule has 0 atom stereocenters. The predicted molar refractivity (Wildman–Crippen MR) is 349 cm³/mol. The molecule has 82 heavy (non-hydrogen) atoms. The minimum absolute atomic E-state index is 0.0175. The molecule has 0 fully saturated rings. The van der Waals surface area contributed by atoms with Crippen molar-refractivity contribution in [3.8, 4) is 5.69 Å². The fraction of sp³-hybridized carbons (Fsp3) is 0.154.